The van der Waals surface area contributed by atoms with Gasteiger partial charge in [-0.15, -0.1) is 0 Å². The Morgan fingerprint density at radius 1 is 1.44 bits per heavy atom. The summed E-state index contributed by atoms with van der Waals surface area (Å²) >= 11 is 5.58. The van der Waals surface area contributed by atoms with E-state index in [1.54, 1.807) is 0 Å². The first-order valence-electron chi connectivity index (χ1n) is 4.02. The van der Waals surface area contributed by atoms with Crippen molar-refractivity contribution < 1.29 is 22.7 Å². The third-order valence-electron chi connectivity index (χ3n) is 1.89. The molecular formula is C9H7ClF3NO2. The number of methoxy groups -OCH3 is 1. The van der Waals surface area contributed by atoms with E-state index in [9.17, 15) is 18.0 Å². The summed E-state index contributed by atoms with van der Waals surface area (Å²) in [4.78, 5) is 11.2. The molecule has 88 valence electrons. The van der Waals surface area contributed by atoms with Crippen LogP contribution in [0, 0.1) is 0 Å². The number of carbonyl (C=O) groups is 1. The Morgan fingerprint density at radius 3 is 2.44 bits per heavy atom. The quantitative estimate of drug-likeness (QED) is 0.618. The number of ether oxygens (including phenoxy) is 1. The van der Waals surface area contributed by atoms with E-state index < -0.39 is 29.0 Å². The van der Waals surface area contributed by atoms with Gasteiger partial charge in [0, 0.05) is 0 Å². The maximum Gasteiger partial charge on any atom is 0.418 e. The third kappa shape index (κ3) is 2.21. The fourth-order valence-electron chi connectivity index (χ4n) is 1.15. The molecule has 3 nitrogen and oxygen atoms in total. The number of hydrogen-bond donors (Lipinski definition) is 1. The molecular weight excluding hydrogens is 247 g/mol. The Labute approximate surface area is 93.9 Å². The summed E-state index contributed by atoms with van der Waals surface area (Å²) in [6.07, 6.45) is -4.64. The number of rotatable bonds is 1. The second kappa shape index (κ2) is 4.21. The molecule has 0 saturated carbocycles. The molecule has 1 aromatic carbocycles. The summed E-state index contributed by atoms with van der Waals surface area (Å²) in [6, 6.07) is 1.66. The highest BCUT2D eigenvalue weighted by Crippen LogP contribution is 2.37. The number of halogens is 4. The van der Waals surface area contributed by atoms with Crippen LogP contribution in [0.15, 0.2) is 12.1 Å². The van der Waals surface area contributed by atoms with Crippen LogP contribution >= 0.6 is 11.6 Å². The molecule has 0 amide bonds. The smallest absolute Gasteiger partial charge is 0.418 e. The standard InChI is InChI=1S/C9H7ClF3NO2/c1-16-8(15)6-5(10)3-2-4(7(6)14)9(11,12)13/h2-3H,14H2,1H3. The maximum atomic E-state index is 12.5. The van der Waals surface area contributed by atoms with Gasteiger partial charge in [0.25, 0.3) is 0 Å². The number of nitrogens with two attached hydrogens (primary N) is 1. The molecule has 0 spiro atoms. The lowest BCUT2D eigenvalue weighted by molar-refractivity contribution is -0.136. The van der Waals surface area contributed by atoms with Crippen molar-refractivity contribution in [3.05, 3.63) is 28.3 Å². The molecule has 0 fully saturated rings. The predicted molar refractivity (Wildman–Crippen MR) is 52.2 cm³/mol. The lowest BCUT2D eigenvalue weighted by Gasteiger charge is -2.13. The van der Waals surface area contributed by atoms with Crippen molar-refractivity contribution >= 4 is 23.3 Å². The van der Waals surface area contributed by atoms with Crippen molar-refractivity contribution in [3.8, 4) is 0 Å². The summed E-state index contributed by atoms with van der Waals surface area (Å²) in [7, 11) is 1.03. The van der Waals surface area contributed by atoms with Crippen LogP contribution in [-0.4, -0.2) is 13.1 Å². The zero-order chi connectivity index (χ0) is 12.5. The Bertz CT molecular complexity index is 431. The van der Waals surface area contributed by atoms with Crippen molar-refractivity contribution in [1.82, 2.24) is 0 Å². The molecule has 0 aromatic heterocycles. The summed E-state index contributed by atoms with van der Waals surface area (Å²) in [5, 5.41) is -0.183. The second-order valence-corrected chi connectivity index (χ2v) is 3.28. The fourth-order valence-corrected chi connectivity index (χ4v) is 1.39. The molecule has 0 aliphatic rings. The van der Waals surface area contributed by atoms with Crippen LogP contribution in [-0.2, 0) is 10.9 Å². The van der Waals surface area contributed by atoms with Crippen molar-refractivity contribution in [1.29, 1.82) is 0 Å². The molecule has 2 N–H and O–H groups in total. The highest BCUT2D eigenvalue weighted by Gasteiger charge is 2.35. The van der Waals surface area contributed by atoms with Crippen molar-refractivity contribution in [3.63, 3.8) is 0 Å². The maximum absolute atomic E-state index is 12.5. The Morgan fingerprint density at radius 2 is 2.00 bits per heavy atom. The van der Waals surface area contributed by atoms with Gasteiger partial charge in [0.15, 0.2) is 0 Å². The minimum atomic E-state index is -4.64. The predicted octanol–water partition coefficient (Wildman–Crippen LogP) is 2.73. The summed E-state index contributed by atoms with van der Waals surface area (Å²) in [5.74, 6) is -1.01. The Balaban J connectivity index is 3.45. The van der Waals surface area contributed by atoms with Gasteiger partial charge in [-0.3, -0.25) is 0 Å². The lowest BCUT2D eigenvalue weighted by atomic mass is 10.1. The largest absolute Gasteiger partial charge is 0.465 e. The highest BCUT2D eigenvalue weighted by molar-refractivity contribution is 6.34. The Hall–Kier alpha value is -1.43. The van der Waals surface area contributed by atoms with Crippen molar-refractivity contribution in [2.24, 2.45) is 0 Å². The molecule has 0 unspecified atom stereocenters. The van der Waals surface area contributed by atoms with Gasteiger partial charge in [-0.05, 0) is 12.1 Å². The number of carbonyl (C=O) groups excluding carboxylic acids is 1. The van der Waals surface area contributed by atoms with Crippen LogP contribution < -0.4 is 5.73 Å². The van der Waals surface area contributed by atoms with Gasteiger partial charge in [-0.1, -0.05) is 11.6 Å². The Kier molecular flexibility index (Phi) is 3.32. The zero-order valence-electron chi connectivity index (χ0n) is 8.06. The number of nitrogen functional groups attached to an aromatic ring is 1. The molecule has 1 rings (SSSR count). The molecule has 7 heteroatoms. The first-order chi connectivity index (χ1) is 7.29. The van der Waals surface area contributed by atoms with Gasteiger partial charge in [0.2, 0.25) is 0 Å². The molecule has 0 aliphatic carbocycles. The zero-order valence-corrected chi connectivity index (χ0v) is 8.82. The first-order valence-corrected chi connectivity index (χ1v) is 4.40. The number of benzene rings is 1. The van der Waals surface area contributed by atoms with Crippen LogP contribution in [0.3, 0.4) is 0 Å². The van der Waals surface area contributed by atoms with E-state index in [-0.39, 0.29) is 5.02 Å². The SMILES string of the molecule is COC(=O)c1c(Cl)ccc(C(F)(F)F)c1N. The summed E-state index contributed by atoms with van der Waals surface area (Å²) < 4.78 is 41.7. The van der Waals surface area contributed by atoms with E-state index in [0.29, 0.717) is 6.07 Å². The molecule has 0 bridgehead atoms. The van der Waals surface area contributed by atoms with E-state index in [2.05, 4.69) is 4.74 Å². The van der Waals surface area contributed by atoms with E-state index in [4.69, 9.17) is 17.3 Å². The topological polar surface area (TPSA) is 52.3 Å². The van der Waals surface area contributed by atoms with E-state index in [1.165, 1.54) is 0 Å². The van der Waals surface area contributed by atoms with Crippen LogP contribution in [0.4, 0.5) is 18.9 Å². The molecule has 0 heterocycles. The average molecular weight is 254 g/mol. The molecule has 16 heavy (non-hydrogen) atoms. The minimum absolute atomic E-state index is 0.183. The fraction of sp³-hybridized carbons (Fsp3) is 0.222. The van der Waals surface area contributed by atoms with Crippen LogP contribution in [0.2, 0.25) is 5.02 Å². The second-order valence-electron chi connectivity index (χ2n) is 2.87. The number of anilines is 1. The third-order valence-corrected chi connectivity index (χ3v) is 2.20. The first kappa shape index (κ1) is 12.6. The van der Waals surface area contributed by atoms with Gasteiger partial charge in [-0.25, -0.2) is 4.79 Å². The molecule has 0 atom stereocenters. The van der Waals surface area contributed by atoms with Crippen LogP contribution in [0.5, 0.6) is 0 Å². The number of hydrogen-bond acceptors (Lipinski definition) is 3. The van der Waals surface area contributed by atoms with Gasteiger partial charge in [0.05, 0.1) is 23.4 Å². The van der Waals surface area contributed by atoms with Gasteiger partial charge in [0.1, 0.15) is 5.56 Å². The van der Waals surface area contributed by atoms with Crippen LogP contribution in [0.25, 0.3) is 0 Å². The monoisotopic (exact) mass is 253 g/mol. The molecule has 0 radical (unpaired) electrons. The lowest BCUT2D eigenvalue weighted by Crippen LogP contribution is -2.14. The van der Waals surface area contributed by atoms with Crippen molar-refractivity contribution in [2.75, 3.05) is 12.8 Å². The number of esters is 1. The summed E-state index contributed by atoms with van der Waals surface area (Å²) in [5.41, 5.74) is 2.92. The molecule has 1 aromatic rings. The minimum Gasteiger partial charge on any atom is -0.465 e. The summed E-state index contributed by atoms with van der Waals surface area (Å²) in [6.45, 7) is 0. The normalized spacial score (nSPS) is 11.3. The van der Waals surface area contributed by atoms with Crippen molar-refractivity contribution in [2.45, 2.75) is 6.18 Å². The molecule has 0 saturated heterocycles. The van der Waals surface area contributed by atoms with Gasteiger partial charge >= 0.3 is 12.1 Å². The van der Waals surface area contributed by atoms with E-state index in [1.807, 2.05) is 0 Å². The number of alkyl halides is 3. The highest BCUT2D eigenvalue weighted by atomic mass is 35.5. The van der Waals surface area contributed by atoms with Gasteiger partial charge < -0.3 is 10.5 Å². The van der Waals surface area contributed by atoms with E-state index >= 15 is 0 Å². The average Bonchev–Trinajstić information content (AvgIpc) is 2.15. The van der Waals surface area contributed by atoms with Crippen LogP contribution in [0.1, 0.15) is 15.9 Å². The molecule has 0 aliphatic heterocycles. The van der Waals surface area contributed by atoms with E-state index in [0.717, 1.165) is 13.2 Å². The van der Waals surface area contributed by atoms with Gasteiger partial charge in [-0.2, -0.15) is 13.2 Å².